The molecular weight excluding hydrogens is 336 g/mol. The molecule has 0 amide bonds. The highest BCUT2D eigenvalue weighted by Gasteiger charge is 2.21. The number of hydrogen-bond acceptors (Lipinski definition) is 6. The van der Waals surface area contributed by atoms with Gasteiger partial charge in [-0.2, -0.15) is 0 Å². The molecule has 0 heterocycles. The number of ether oxygens (including phenoxy) is 2. The van der Waals surface area contributed by atoms with E-state index in [0.717, 1.165) is 0 Å². The van der Waals surface area contributed by atoms with Crippen molar-refractivity contribution in [2.45, 2.75) is 26.7 Å². The summed E-state index contributed by atoms with van der Waals surface area (Å²) in [5.74, 6) is -0.555. The van der Waals surface area contributed by atoms with Crippen LogP contribution in [0.1, 0.15) is 47.4 Å². The van der Waals surface area contributed by atoms with Crippen molar-refractivity contribution in [3.8, 4) is 34.1 Å². The molecule has 2 aromatic carbocycles. The standard InChI is InChI=1S/C20H22O6/c1-5-15(21)11-7-13(19(23)17(9-11)25-3)14-8-12(16(22)6-2)10-18(26-4)20(14)24/h7-10,23-24H,5-6H2,1-4H3. The largest absolute Gasteiger partial charge is 0.504 e. The molecule has 0 aliphatic carbocycles. The van der Waals surface area contributed by atoms with E-state index < -0.39 is 0 Å². The molecule has 0 spiro atoms. The number of ketones is 2. The highest BCUT2D eigenvalue weighted by Crippen LogP contribution is 2.45. The second-order valence-electron chi connectivity index (χ2n) is 5.70. The molecule has 0 fully saturated rings. The molecule has 0 saturated carbocycles. The third-order valence-corrected chi connectivity index (χ3v) is 4.17. The summed E-state index contributed by atoms with van der Waals surface area (Å²) in [6.07, 6.45) is 0.550. The minimum absolute atomic E-state index is 0.102. The van der Waals surface area contributed by atoms with E-state index in [1.54, 1.807) is 13.8 Å². The highest BCUT2D eigenvalue weighted by molar-refractivity contribution is 6.01. The molecule has 2 rings (SSSR count). The van der Waals surface area contributed by atoms with Gasteiger partial charge < -0.3 is 19.7 Å². The number of methoxy groups -OCH3 is 2. The van der Waals surface area contributed by atoms with Gasteiger partial charge in [0.25, 0.3) is 0 Å². The van der Waals surface area contributed by atoms with E-state index in [-0.39, 0.29) is 58.5 Å². The Hall–Kier alpha value is -3.02. The number of carbonyl (C=O) groups is 2. The van der Waals surface area contributed by atoms with Crippen molar-refractivity contribution in [3.05, 3.63) is 35.4 Å². The monoisotopic (exact) mass is 358 g/mol. The first-order valence-corrected chi connectivity index (χ1v) is 8.26. The van der Waals surface area contributed by atoms with Crippen LogP contribution in [-0.4, -0.2) is 36.0 Å². The van der Waals surface area contributed by atoms with Crippen LogP contribution in [0.3, 0.4) is 0 Å². The molecule has 0 saturated heterocycles. The van der Waals surface area contributed by atoms with Gasteiger partial charge in [0.1, 0.15) is 0 Å². The van der Waals surface area contributed by atoms with E-state index >= 15 is 0 Å². The van der Waals surface area contributed by atoms with Crippen LogP contribution >= 0.6 is 0 Å². The van der Waals surface area contributed by atoms with Crippen LogP contribution in [-0.2, 0) is 0 Å². The highest BCUT2D eigenvalue weighted by atomic mass is 16.5. The van der Waals surface area contributed by atoms with Gasteiger partial charge >= 0.3 is 0 Å². The normalized spacial score (nSPS) is 10.5. The Labute approximate surface area is 152 Å². The van der Waals surface area contributed by atoms with Crippen LogP contribution in [0, 0.1) is 0 Å². The van der Waals surface area contributed by atoms with Crippen molar-refractivity contribution in [3.63, 3.8) is 0 Å². The van der Waals surface area contributed by atoms with Crippen LogP contribution in [0.2, 0.25) is 0 Å². The van der Waals surface area contributed by atoms with E-state index in [4.69, 9.17) is 9.47 Å². The summed E-state index contributed by atoms with van der Waals surface area (Å²) in [7, 11) is 2.74. The van der Waals surface area contributed by atoms with Crippen molar-refractivity contribution in [1.29, 1.82) is 0 Å². The van der Waals surface area contributed by atoms with E-state index in [9.17, 15) is 19.8 Å². The maximum Gasteiger partial charge on any atom is 0.165 e. The lowest BCUT2D eigenvalue weighted by molar-refractivity contribution is 0.0979. The molecular formula is C20H22O6. The minimum atomic E-state index is -0.237. The quantitative estimate of drug-likeness (QED) is 0.728. The van der Waals surface area contributed by atoms with Crippen LogP contribution in [0.4, 0.5) is 0 Å². The zero-order valence-electron chi connectivity index (χ0n) is 15.3. The third kappa shape index (κ3) is 3.49. The lowest BCUT2D eigenvalue weighted by Crippen LogP contribution is -2.01. The van der Waals surface area contributed by atoms with Gasteiger partial charge in [-0.1, -0.05) is 13.8 Å². The fraction of sp³-hybridized carbons (Fsp3) is 0.300. The molecule has 0 atom stereocenters. The third-order valence-electron chi connectivity index (χ3n) is 4.17. The lowest BCUT2D eigenvalue weighted by atomic mass is 9.95. The number of benzene rings is 2. The van der Waals surface area contributed by atoms with Crippen molar-refractivity contribution >= 4 is 11.6 Å². The molecule has 0 radical (unpaired) electrons. The summed E-state index contributed by atoms with van der Waals surface area (Å²) >= 11 is 0. The van der Waals surface area contributed by atoms with E-state index in [1.807, 2.05) is 0 Å². The molecule has 6 nitrogen and oxygen atoms in total. The Bertz CT molecular complexity index is 782. The Balaban J connectivity index is 2.81. The smallest absolute Gasteiger partial charge is 0.165 e. The molecule has 0 bridgehead atoms. The van der Waals surface area contributed by atoms with Crippen LogP contribution in [0.25, 0.3) is 11.1 Å². The average molecular weight is 358 g/mol. The van der Waals surface area contributed by atoms with Crippen molar-refractivity contribution in [1.82, 2.24) is 0 Å². The van der Waals surface area contributed by atoms with Gasteiger partial charge in [-0.3, -0.25) is 9.59 Å². The minimum Gasteiger partial charge on any atom is -0.504 e. The lowest BCUT2D eigenvalue weighted by Gasteiger charge is -2.15. The van der Waals surface area contributed by atoms with Gasteiger partial charge in [0, 0.05) is 35.1 Å². The van der Waals surface area contributed by atoms with Gasteiger partial charge in [0.2, 0.25) is 0 Å². The number of phenolic OH excluding ortho intramolecular Hbond substituents is 2. The average Bonchev–Trinajstić information content (AvgIpc) is 2.67. The maximum atomic E-state index is 12.1. The Morgan fingerprint density at radius 2 is 1.12 bits per heavy atom. The first-order chi connectivity index (χ1) is 12.4. The summed E-state index contributed by atoms with van der Waals surface area (Å²) in [4.78, 5) is 24.3. The maximum absolute atomic E-state index is 12.1. The number of aromatic hydroxyl groups is 2. The summed E-state index contributed by atoms with van der Waals surface area (Å²) in [6, 6.07) is 5.83. The predicted octanol–water partition coefficient (Wildman–Crippen LogP) is 3.97. The van der Waals surface area contributed by atoms with Crippen molar-refractivity contribution in [2.24, 2.45) is 0 Å². The first kappa shape index (κ1) is 19.3. The topological polar surface area (TPSA) is 93.1 Å². The second kappa shape index (κ2) is 7.91. The molecule has 2 N–H and O–H groups in total. The molecule has 0 unspecified atom stereocenters. The number of Topliss-reactive ketones (excluding diaryl/α,β-unsaturated/α-hetero) is 2. The SMILES string of the molecule is CCC(=O)c1cc(OC)c(O)c(-c2cc(C(=O)CC)cc(OC)c2O)c1. The van der Waals surface area contributed by atoms with Crippen LogP contribution < -0.4 is 9.47 Å². The molecule has 26 heavy (non-hydrogen) atoms. The number of hydrogen-bond donors (Lipinski definition) is 2. The zero-order chi connectivity index (χ0) is 19.4. The van der Waals surface area contributed by atoms with Gasteiger partial charge in [-0.25, -0.2) is 0 Å². The van der Waals surface area contributed by atoms with Gasteiger partial charge in [0.05, 0.1) is 14.2 Å². The fourth-order valence-electron chi connectivity index (χ4n) is 2.67. The molecule has 2 aromatic rings. The van der Waals surface area contributed by atoms with Gasteiger partial charge in [0.15, 0.2) is 34.6 Å². The van der Waals surface area contributed by atoms with Crippen molar-refractivity contribution < 1.29 is 29.3 Å². The number of carbonyl (C=O) groups excluding carboxylic acids is 2. The Morgan fingerprint density at radius 1 is 0.769 bits per heavy atom. The zero-order valence-corrected chi connectivity index (χ0v) is 15.3. The molecule has 0 aliphatic heterocycles. The van der Waals surface area contributed by atoms with E-state index in [0.29, 0.717) is 11.1 Å². The summed E-state index contributed by atoms with van der Waals surface area (Å²) < 4.78 is 10.3. The van der Waals surface area contributed by atoms with E-state index in [2.05, 4.69) is 0 Å². The predicted molar refractivity (Wildman–Crippen MR) is 97.6 cm³/mol. The van der Waals surface area contributed by atoms with Crippen LogP contribution in [0.15, 0.2) is 24.3 Å². The fourth-order valence-corrected chi connectivity index (χ4v) is 2.67. The Morgan fingerprint density at radius 3 is 1.38 bits per heavy atom. The van der Waals surface area contributed by atoms with Crippen molar-refractivity contribution in [2.75, 3.05) is 14.2 Å². The molecule has 138 valence electrons. The molecule has 0 aromatic heterocycles. The summed E-state index contributed by atoms with van der Waals surface area (Å²) in [5, 5.41) is 21.0. The van der Waals surface area contributed by atoms with Gasteiger partial charge in [-0.15, -0.1) is 0 Å². The second-order valence-corrected chi connectivity index (χ2v) is 5.70. The summed E-state index contributed by atoms with van der Waals surface area (Å²) in [6.45, 7) is 3.45. The first-order valence-electron chi connectivity index (χ1n) is 8.26. The van der Waals surface area contributed by atoms with E-state index in [1.165, 1.54) is 38.5 Å². The summed E-state index contributed by atoms with van der Waals surface area (Å²) in [5.41, 5.74) is 1.04. The number of rotatable bonds is 7. The van der Waals surface area contributed by atoms with Gasteiger partial charge in [-0.05, 0) is 24.3 Å². The molecule has 6 heteroatoms. The number of phenols is 2. The Kier molecular flexibility index (Phi) is 5.87. The van der Waals surface area contributed by atoms with Crippen LogP contribution in [0.5, 0.6) is 23.0 Å². The molecule has 0 aliphatic rings.